The summed E-state index contributed by atoms with van der Waals surface area (Å²) >= 11 is 0. The molecule has 4 rings (SSSR count). The Bertz CT molecular complexity index is 999. The van der Waals surface area contributed by atoms with Crippen LogP contribution in [0.1, 0.15) is 28.9 Å². The van der Waals surface area contributed by atoms with Gasteiger partial charge in [-0.1, -0.05) is 25.6 Å². The van der Waals surface area contributed by atoms with Crippen LogP contribution in [0, 0.1) is 13.8 Å². The highest BCUT2D eigenvalue weighted by Crippen LogP contribution is 2.35. The summed E-state index contributed by atoms with van der Waals surface area (Å²) in [6.07, 6.45) is 3.29. The molecule has 0 unspecified atom stereocenters. The average Bonchev–Trinajstić information content (AvgIpc) is 3.12. The second-order valence-electron chi connectivity index (χ2n) is 6.30. The number of hydrogen-bond acceptors (Lipinski definition) is 4. The van der Waals surface area contributed by atoms with Crippen molar-refractivity contribution in [2.45, 2.75) is 21.3 Å². The number of nitrogens with one attached hydrogen (secondary N) is 1. The zero-order valence-electron chi connectivity index (χ0n) is 14.6. The fourth-order valence-electron chi connectivity index (χ4n) is 2.86. The van der Waals surface area contributed by atoms with Crippen LogP contribution < -0.4 is 14.8 Å². The van der Waals surface area contributed by atoms with E-state index in [-0.39, 0.29) is 20.1 Å². The third-order valence-corrected chi connectivity index (χ3v) is 4.35. The highest BCUT2D eigenvalue weighted by Gasteiger charge is 2.15. The lowest BCUT2D eigenvalue weighted by atomic mass is 10.0. The van der Waals surface area contributed by atoms with Gasteiger partial charge in [-0.15, -0.1) is 0 Å². The summed E-state index contributed by atoms with van der Waals surface area (Å²) < 4.78 is 10.8. The van der Waals surface area contributed by atoms with E-state index in [9.17, 15) is 4.79 Å². The number of benzene rings is 2. The predicted molar refractivity (Wildman–Crippen MR) is 106 cm³/mol. The zero-order chi connectivity index (χ0) is 18.1. The number of nitrogens with zero attached hydrogens (tertiary/aromatic N) is 1. The molecule has 0 saturated carbocycles. The number of carbonyl (C=O) groups is 1. The van der Waals surface area contributed by atoms with Crippen molar-refractivity contribution in [3.63, 3.8) is 0 Å². The van der Waals surface area contributed by atoms with Crippen LogP contribution in [0.15, 0.2) is 54.9 Å². The Balaban J connectivity index is 0.00000210. The summed E-state index contributed by atoms with van der Waals surface area (Å²) in [5.41, 5.74) is 5.19. The number of anilines is 1. The summed E-state index contributed by atoms with van der Waals surface area (Å²) in [7, 11) is 0. The molecule has 0 radical (unpaired) electrons. The van der Waals surface area contributed by atoms with Crippen molar-refractivity contribution in [2.24, 2.45) is 0 Å². The molecule has 138 valence electrons. The van der Waals surface area contributed by atoms with Gasteiger partial charge in [0.2, 0.25) is 6.79 Å². The number of hydrogen-bond donors (Lipinski definition) is 1. The lowest BCUT2D eigenvalue weighted by molar-refractivity contribution is 0.102. The van der Waals surface area contributed by atoms with Gasteiger partial charge in [-0.2, -0.15) is 0 Å². The van der Waals surface area contributed by atoms with Crippen LogP contribution in [-0.2, 0) is 0 Å². The monoisotopic (exact) mass is 362 g/mol. The summed E-state index contributed by atoms with van der Waals surface area (Å²) in [5, 5.41) is 2.96. The molecule has 0 bridgehead atoms. The van der Waals surface area contributed by atoms with Crippen molar-refractivity contribution in [2.75, 3.05) is 12.1 Å². The fraction of sp³-hybridized carbons (Fsp3) is 0.182. The summed E-state index contributed by atoms with van der Waals surface area (Å²) in [6, 6.07) is 13.5. The number of aromatic nitrogens is 1. The van der Waals surface area contributed by atoms with Crippen LogP contribution in [0.3, 0.4) is 0 Å². The molecule has 3 aromatic rings. The normalized spacial score (nSPS) is 11.6. The molecule has 5 heteroatoms. The summed E-state index contributed by atoms with van der Waals surface area (Å²) in [6.45, 7) is 4.20. The average molecular weight is 362 g/mol. The Hall–Kier alpha value is -3.34. The number of ether oxygens (including phenoxy) is 2. The quantitative estimate of drug-likeness (QED) is 0.714. The van der Waals surface area contributed by atoms with E-state index in [0.29, 0.717) is 11.3 Å². The second kappa shape index (κ2) is 7.50. The first-order valence-corrected chi connectivity index (χ1v) is 8.34. The molecule has 0 saturated heterocycles. The first kappa shape index (κ1) is 18.5. The molecule has 2 heterocycles. The van der Waals surface area contributed by atoms with Crippen molar-refractivity contribution >= 4 is 11.6 Å². The third kappa shape index (κ3) is 3.77. The van der Waals surface area contributed by atoms with Gasteiger partial charge in [-0.05, 0) is 54.8 Å². The molecule has 5 nitrogen and oxygen atoms in total. The summed E-state index contributed by atoms with van der Waals surface area (Å²) in [5.74, 6) is 1.24. The van der Waals surface area contributed by atoms with Crippen LogP contribution >= 0.6 is 0 Å². The number of rotatable bonds is 3. The van der Waals surface area contributed by atoms with Crippen molar-refractivity contribution < 1.29 is 14.3 Å². The standard InChI is InChI=1S/C21H18N2O3.CH4/c1-13-3-4-14(2)18(7-13)23-21(24)17-8-16(10-22-11-17)15-5-6-19-20(9-15)26-12-25-19;/h3-11H,12H2,1-2H3,(H,23,24);1H4. The van der Waals surface area contributed by atoms with E-state index in [1.807, 2.05) is 56.3 Å². The number of pyridine rings is 1. The number of carbonyl (C=O) groups excluding carboxylic acids is 1. The molecule has 1 aliphatic heterocycles. The minimum absolute atomic E-state index is 0. The molecule has 2 aromatic carbocycles. The minimum atomic E-state index is -0.186. The number of amides is 1. The van der Waals surface area contributed by atoms with Crippen LogP contribution in [0.5, 0.6) is 11.5 Å². The highest BCUT2D eigenvalue weighted by atomic mass is 16.7. The van der Waals surface area contributed by atoms with E-state index in [4.69, 9.17) is 9.47 Å². The van der Waals surface area contributed by atoms with E-state index >= 15 is 0 Å². The first-order chi connectivity index (χ1) is 12.6. The maximum absolute atomic E-state index is 12.7. The topological polar surface area (TPSA) is 60.5 Å². The van der Waals surface area contributed by atoms with Crippen molar-refractivity contribution in [1.82, 2.24) is 4.98 Å². The molecule has 1 aromatic heterocycles. The molecule has 1 aliphatic rings. The Labute approximate surface area is 159 Å². The zero-order valence-corrected chi connectivity index (χ0v) is 14.6. The smallest absolute Gasteiger partial charge is 0.257 e. The van der Waals surface area contributed by atoms with Crippen molar-refractivity contribution in [3.05, 3.63) is 71.5 Å². The van der Waals surface area contributed by atoms with Gasteiger partial charge in [-0.3, -0.25) is 9.78 Å². The van der Waals surface area contributed by atoms with Crippen LogP contribution in [0.25, 0.3) is 11.1 Å². The highest BCUT2D eigenvalue weighted by molar-refractivity contribution is 6.05. The Morgan fingerprint density at radius 2 is 1.78 bits per heavy atom. The molecule has 0 fully saturated rings. The largest absolute Gasteiger partial charge is 0.454 e. The second-order valence-corrected chi connectivity index (χ2v) is 6.30. The molecule has 0 spiro atoms. The van der Waals surface area contributed by atoms with Crippen LogP contribution in [0.4, 0.5) is 5.69 Å². The van der Waals surface area contributed by atoms with Gasteiger partial charge in [0.05, 0.1) is 5.56 Å². The lowest BCUT2D eigenvalue weighted by Crippen LogP contribution is -2.13. The molecule has 0 aliphatic carbocycles. The molecule has 1 amide bonds. The lowest BCUT2D eigenvalue weighted by Gasteiger charge is -2.10. The maximum atomic E-state index is 12.7. The molecule has 0 atom stereocenters. The maximum Gasteiger partial charge on any atom is 0.257 e. The molecular formula is C22H22N2O3. The van der Waals surface area contributed by atoms with Gasteiger partial charge in [0.1, 0.15) is 0 Å². The number of fused-ring (bicyclic) bond motifs is 1. The Morgan fingerprint density at radius 3 is 2.63 bits per heavy atom. The van der Waals surface area contributed by atoms with Crippen molar-refractivity contribution in [3.8, 4) is 22.6 Å². The van der Waals surface area contributed by atoms with E-state index in [1.165, 1.54) is 0 Å². The Kier molecular flexibility index (Phi) is 5.12. The van der Waals surface area contributed by atoms with Gasteiger partial charge < -0.3 is 14.8 Å². The van der Waals surface area contributed by atoms with Crippen LogP contribution in [0.2, 0.25) is 0 Å². The molecule has 1 N–H and O–H groups in total. The fourth-order valence-corrected chi connectivity index (χ4v) is 2.86. The third-order valence-electron chi connectivity index (χ3n) is 4.35. The van der Waals surface area contributed by atoms with Gasteiger partial charge in [0, 0.05) is 23.6 Å². The minimum Gasteiger partial charge on any atom is -0.454 e. The first-order valence-electron chi connectivity index (χ1n) is 8.34. The van der Waals surface area contributed by atoms with E-state index < -0.39 is 0 Å². The van der Waals surface area contributed by atoms with Gasteiger partial charge in [0.25, 0.3) is 5.91 Å². The Morgan fingerprint density at radius 1 is 0.963 bits per heavy atom. The molecular weight excluding hydrogens is 340 g/mol. The van der Waals surface area contributed by atoms with Gasteiger partial charge in [0.15, 0.2) is 11.5 Å². The number of aryl methyl sites for hydroxylation is 2. The van der Waals surface area contributed by atoms with Gasteiger partial charge >= 0.3 is 0 Å². The van der Waals surface area contributed by atoms with Gasteiger partial charge in [-0.25, -0.2) is 0 Å². The summed E-state index contributed by atoms with van der Waals surface area (Å²) in [4.78, 5) is 16.9. The SMILES string of the molecule is C.Cc1ccc(C)c(NC(=O)c2cncc(-c3ccc4c(c3)OCO4)c2)c1. The van der Waals surface area contributed by atoms with E-state index in [1.54, 1.807) is 12.4 Å². The van der Waals surface area contributed by atoms with E-state index in [2.05, 4.69) is 10.3 Å². The molecule has 27 heavy (non-hydrogen) atoms. The van der Waals surface area contributed by atoms with E-state index in [0.717, 1.165) is 33.7 Å². The van der Waals surface area contributed by atoms with Crippen LogP contribution in [-0.4, -0.2) is 17.7 Å². The van der Waals surface area contributed by atoms with Crippen molar-refractivity contribution in [1.29, 1.82) is 0 Å². The predicted octanol–water partition coefficient (Wildman–Crippen LogP) is 4.98.